The van der Waals surface area contributed by atoms with Crippen LogP contribution in [0.2, 0.25) is 0 Å². The summed E-state index contributed by atoms with van der Waals surface area (Å²) in [6, 6.07) is 52.3. The Hall–Kier alpha value is -6.92. The highest BCUT2D eigenvalue weighted by molar-refractivity contribution is 6.10. The second kappa shape index (κ2) is 11.0. The van der Waals surface area contributed by atoms with Crippen LogP contribution in [-0.2, 0) is 5.41 Å². The number of hydrogen-bond acceptors (Lipinski definition) is 5. The summed E-state index contributed by atoms with van der Waals surface area (Å²) in [5.41, 5.74) is 13.0. The third kappa shape index (κ3) is 4.33. The molecule has 0 bridgehead atoms. The van der Waals surface area contributed by atoms with Crippen molar-refractivity contribution in [1.82, 2.24) is 24.5 Å². The van der Waals surface area contributed by atoms with Crippen molar-refractivity contribution in [3.05, 3.63) is 163 Å². The summed E-state index contributed by atoms with van der Waals surface area (Å²) in [5, 5.41) is 3.33. The van der Waals surface area contributed by atoms with Gasteiger partial charge in [-0.3, -0.25) is 4.57 Å². The number of furan rings is 1. The van der Waals surface area contributed by atoms with Crippen LogP contribution in [0, 0.1) is 0 Å². The largest absolute Gasteiger partial charge is 0.454 e. The SMILES string of the molecule is CC1(C)c2ccccc2-c2c(-c3ccc(-c4nc(-c5ccccc5)nc(-n5c6ccccc6c6ccccc65)n4)cc3)nc3c(oc4ccccc43)c21. The molecule has 6 aromatic carbocycles. The van der Waals surface area contributed by atoms with Gasteiger partial charge in [0, 0.05) is 49.4 Å². The van der Waals surface area contributed by atoms with Gasteiger partial charge >= 0.3 is 0 Å². The van der Waals surface area contributed by atoms with Crippen LogP contribution in [0.1, 0.15) is 25.0 Å². The first-order valence-corrected chi connectivity index (χ1v) is 17.9. The van der Waals surface area contributed by atoms with E-state index in [0.29, 0.717) is 17.6 Å². The van der Waals surface area contributed by atoms with E-state index in [4.69, 9.17) is 24.4 Å². The molecule has 6 heteroatoms. The van der Waals surface area contributed by atoms with Gasteiger partial charge in [-0.2, -0.15) is 9.97 Å². The third-order valence-corrected chi connectivity index (χ3v) is 10.9. The number of rotatable bonds is 4. The van der Waals surface area contributed by atoms with E-state index in [1.807, 2.05) is 48.5 Å². The number of para-hydroxylation sites is 3. The van der Waals surface area contributed by atoms with Crippen molar-refractivity contribution >= 4 is 43.9 Å². The molecule has 0 fully saturated rings. The molecule has 4 aromatic heterocycles. The number of hydrogen-bond donors (Lipinski definition) is 0. The average molecular weight is 682 g/mol. The Morgan fingerprint density at radius 3 is 1.79 bits per heavy atom. The fraction of sp³-hybridized carbons (Fsp3) is 0.0638. The van der Waals surface area contributed by atoms with Crippen LogP contribution in [0.4, 0.5) is 0 Å². The summed E-state index contributed by atoms with van der Waals surface area (Å²) in [7, 11) is 0. The lowest BCUT2D eigenvalue weighted by Crippen LogP contribution is -2.15. The second-order valence-electron chi connectivity index (χ2n) is 14.3. The highest BCUT2D eigenvalue weighted by atomic mass is 16.3. The predicted octanol–water partition coefficient (Wildman–Crippen LogP) is 11.6. The minimum absolute atomic E-state index is 0.266. The Kier molecular flexibility index (Phi) is 6.20. The van der Waals surface area contributed by atoms with E-state index < -0.39 is 0 Å². The van der Waals surface area contributed by atoms with Crippen molar-refractivity contribution < 1.29 is 4.42 Å². The molecule has 0 aliphatic heterocycles. The lowest BCUT2D eigenvalue weighted by molar-refractivity contribution is 0.619. The summed E-state index contributed by atoms with van der Waals surface area (Å²) in [4.78, 5) is 20.7. The van der Waals surface area contributed by atoms with Crippen LogP contribution in [0.5, 0.6) is 0 Å². The van der Waals surface area contributed by atoms with E-state index in [0.717, 1.165) is 71.8 Å². The quantitative estimate of drug-likeness (QED) is 0.185. The standard InChI is InChI=1S/C47H31N5O/c1-47(2)35-20-10-6-18-33(35)39-40(47)43-42(34-19-9-13-23-38(34)53-43)48-41(39)28-24-26-30(27-25-28)45-49-44(29-14-4-3-5-15-29)50-46(51-45)52-36-21-11-7-16-31(36)32-17-8-12-22-37(32)52/h3-27H,1-2H3. The van der Waals surface area contributed by atoms with Gasteiger partial charge in [0.15, 0.2) is 17.2 Å². The van der Waals surface area contributed by atoms with E-state index in [1.54, 1.807) is 0 Å². The molecule has 0 amide bonds. The molecular weight excluding hydrogens is 651 g/mol. The van der Waals surface area contributed by atoms with Crippen molar-refractivity contribution in [2.24, 2.45) is 0 Å². The molecular formula is C47H31N5O. The van der Waals surface area contributed by atoms with Gasteiger partial charge in [-0.15, -0.1) is 0 Å². The minimum atomic E-state index is -0.266. The Balaban J connectivity index is 1.12. The molecule has 0 N–H and O–H groups in total. The van der Waals surface area contributed by atoms with Crippen molar-refractivity contribution in [1.29, 1.82) is 0 Å². The van der Waals surface area contributed by atoms with E-state index in [1.165, 1.54) is 16.7 Å². The van der Waals surface area contributed by atoms with Gasteiger partial charge in [0.1, 0.15) is 11.1 Å². The molecule has 10 aromatic rings. The first kappa shape index (κ1) is 29.8. The van der Waals surface area contributed by atoms with Crippen molar-refractivity contribution in [3.63, 3.8) is 0 Å². The van der Waals surface area contributed by atoms with Gasteiger partial charge in [0.05, 0.1) is 16.7 Å². The fourth-order valence-corrected chi connectivity index (χ4v) is 8.39. The normalized spacial score (nSPS) is 13.2. The number of pyridine rings is 1. The molecule has 0 spiro atoms. The Morgan fingerprint density at radius 2 is 1.08 bits per heavy atom. The van der Waals surface area contributed by atoms with Gasteiger partial charge < -0.3 is 4.42 Å². The smallest absolute Gasteiger partial charge is 0.238 e. The summed E-state index contributed by atoms with van der Waals surface area (Å²) in [6.45, 7) is 4.58. The van der Waals surface area contributed by atoms with Crippen molar-refractivity contribution in [2.45, 2.75) is 19.3 Å². The molecule has 0 saturated heterocycles. The zero-order chi connectivity index (χ0) is 35.3. The lowest BCUT2D eigenvalue weighted by Gasteiger charge is -2.21. The highest BCUT2D eigenvalue weighted by Crippen LogP contribution is 2.55. The van der Waals surface area contributed by atoms with E-state index in [9.17, 15) is 0 Å². The zero-order valence-corrected chi connectivity index (χ0v) is 29.1. The maximum Gasteiger partial charge on any atom is 0.238 e. The first-order valence-electron chi connectivity index (χ1n) is 17.9. The van der Waals surface area contributed by atoms with Crippen molar-refractivity contribution in [3.8, 4) is 51.1 Å². The number of benzene rings is 6. The number of nitrogens with zero attached hydrogens (tertiary/aromatic N) is 5. The predicted molar refractivity (Wildman–Crippen MR) is 213 cm³/mol. The van der Waals surface area contributed by atoms with Gasteiger partial charge in [-0.25, -0.2) is 9.97 Å². The molecule has 0 radical (unpaired) electrons. The number of fused-ring (bicyclic) bond motifs is 10. The zero-order valence-electron chi connectivity index (χ0n) is 29.1. The van der Waals surface area contributed by atoms with E-state index in [-0.39, 0.29) is 5.41 Å². The minimum Gasteiger partial charge on any atom is -0.454 e. The molecule has 53 heavy (non-hydrogen) atoms. The van der Waals surface area contributed by atoms with Crippen LogP contribution < -0.4 is 0 Å². The van der Waals surface area contributed by atoms with Gasteiger partial charge in [-0.1, -0.05) is 141 Å². The fourth-order valence-electron chi connectivity index (χ4n) is 8.39. The maximum absolute atomic E-state index is 6.59. The van der Waals surface area contributed by atoms with Gasteiger partial charge in [0.25, 0.3) is 0 Å². The summed E-state index contributed by atoms with van der Waals surface area (Å²) >= 11 is 0. The molecule has 1 aliphatic carbocycles. The first-order chi connectivity index (χ1) is 26.0. The summed E-state index contributed by atoms with van der Waals surface area (Å²) < 4.78 is 8.73. The van der Waals surface area contributed by atoms with Crippen LogP contribution in [-0.4, -0.2) is 24.5 Å². The van der Waals surface area contributed by atoms with Gasteiger partial charge in [0.2, 0.25) is 5.95 Å². The Bertz CT molecular complexity index is 3030. The molecule has 250 valence electrons. The van der Waals surface area contributed by atoms with Crippen LogP contribution in [0.15, 0.2) is 156 Å². The molecule has 11 rings (SSSR count). The highest BCUT2D eigenvalue weighted by Gasteiger charge is 2.41. The molecule has 0 atom stereocenters. The summed E-state index contributed by atoms with van der Waals surface area (Å²) in [6.07, 6.45) is 0. The molecule has 0 unspecified atom stereocenters. The summed E-state index contributed by atoms with van der Waals surface area (Å²) in [5.74, 6) is 1.79. The third-order valence-electron chi connectivity index (χ3n) is 10.9. The van der Waals surface area contributed by atoms with Crippen LogP contribution in [0.3, 0.4) is 0 Å². The lowest BCUT2D eigenvalue weighted by atomic mass is 9.82. The van der Waals surface area contributed by atoms with Crippen LogP contribution >= 0.6 is 0 Å². The van der Waals surface area contributed by atoms with Gasteiger partial charge in [-0.05, 0) is 35.4 Å². The monoisotopic (exact) mass is 681 g/mol. The molecule has 6 nitrogen and oxygen atoms in total. The Labute approximate surface area is 305 Å². The molecule has 0 saturated carbocycles. The maximum atomic E-state index is 6.59. The topological polar surface area (TPSA) is 69.6 Å². The van der Waals surface area contributed by atoms with Crippen molar-refractivity contribution in [2.75, 3.05) is 0 Å². The van der Waals surface area contributed by atoms with E-state index >= 15 is 0 Å². The van der Waals surface area contributed by atoms with Crippen LogP contribution in [0.25, 0.3) is 95.0 Å². The molecule has 4 heterocycles. The Morgan fingerprint density at radius 1 is 0.509 bits per heavy atom. The molecule has 1 aliphatic rings. The van der Waals surface area contributed by atoms with E-state index in [2.05, 4.69) is 122 Å². The second-order valence-corrected chi connectivity index (χ2v) is 14.3. The number of aromatic nitrogens is 5. The average Bonchev–Trinajstić information content (AvgIpc) is 3.83.